The molecule has 0 spiro atoms. The SMILES string of the molecule is CC(O)CN1CCC(c2ccccc2)CC1. The Morgan fingerprint density at radius 1 is 1.25 bits per heavy atom. The Morgan fingerprint density at radius 3 is 2.44 bits per heavy atom. The lowest BCUT2D eigenvalue weighted by Gasteiger charge is -2.32. The maximum Gasteiger partial charge on any atom is 0.0639 e. The van der Waals surface area contributed by atoms with Crippen molar-refractivity contribution in [2.75, 3.05) is 19.6 Å². The third-order valence-corrected chi connectivity index (χ3v) is 3.38. The topological polar surface area (TPSA) is 23.5 Å². The van der Waals surface area contributed by atoms with Crippen LogP contribution >= 0.6 is 0 Å². The molecule has 88 valence electrons. The fourth-order valence-electron chi connectivity index (χ4n) is 2.55. The molecule has 1 saturated heterocycles. The fraction of sp³-hybridized carbons (Fsp3) is 0.571. The normalized spacial score (nSPS) is 20.9. The summed E-state index contributed by atoms with van der Waals surface area (Å²) in [4.78, 5) is 2.37. The number of hydrogen-bond donors (Lipinski definition) is 1. The second-order valence-electron chi connectivity index (χ2n) is 4.83. The van der Waals surface area contributed by atoms with Gasteiger partial charge in [0.1, 0.15) is 0 Å². The molecule has 0 aliphatic carbocycles. The third-order valence-electron chi connectivity index (χ3n) is 3.38. The van der Waals surface area contributed by atoms with Gasteiger partial charge in [0.15, 0.2) is 0 Å². The second-order valence-corrected chi connectivity index (χ2v) is 4.83. The molecule has 1 atom stereocenters. The van der Waals surface area contributed by atoms with Gasteiger partial charge in [0, 0.05) is 6.54 Å². The van der Waals surface area contributed by atoms with Gasteiger partial charge in [-0.3, -0.25) is 0 Å². The van der Waals surface area contributed by atoms with E-state index in [-0.39, 0.29) is 6.10 Å². The Bertz CT molecular complexity index is 302. The van der Waals surface area contributed by atoms with Crippen molar-refractivity contribution in [1.29, 1.82) is 0 Å². The number of hydrogen-bond acceptors (Lipinski definition) is 2. The Morgan fingerprint density at radius 2 is 1.88 bits per heavy atom. The lowest BCUT2D eigenvalue weighted by Crippen LogP contribution is -2.37. The molecule has 0 aromatic heterocycles. The molecule has 0 amide bonds. The highest BCUT2D eigenvalue weighted by Gasteiger charge is 2.20. The van der Waals surface area contributed by atoms with Gasteiger partial charge in [-0.1, -0.05) is 30.3 Å². The summed E-state index contributed by atoms with van der Waals surface area (Å²) in [5.74, 6) is 0.714. The molecule has 2 rings (SSSR count). The van der Waals surface area contributed by atoms with Gasteiger partial charge in [-0.2, -0.15) is 0 Å². The van der Waals surface area contributed by atoms with Gasteiger partial charge in [0.2, 0.25) is 0 Å². The third kappa shape index (κ3) is 3.06. The van der Waals surface area contributed by atoms with E-state index in [0.717, 1.165) is 19.6 Å². The maximum absolute atomic E-state index is 9.35. The van der Waals surface area contributed by atoms with Crippen molar-refractivity contribution in [1.82, 2.24) is 4.90 Å². The Balaban J connectivity index is 1.86. The van der Waals surface area contributed by atoms with E-state index in [1.165, 1.54) is 18.4 Å². The molecule has 2 heteroatoms. The van der Waals surface area contributed by atoms with Crippen LogP contribution in [0.2, 0.25) is 0 Å². The predicted octanol–water partition coefficient (Wildman–Crippen LogP) is 2.25. The molecule has 1 aromatic rings. The van der Waals surface area contributed by atoms with E-state index in [0.29, 0.717) is 5.92 Å². The average Bonchev–Trinajstić information content (AvgIpc) is 2.30. The van der Waals surface area contributed by atoms with Crippen LogP contribution in [0.1, 0.15) is 31.2 Å². The van der Waals surface area contributed by atoms with Crippen molar-refractivity contribution in [3.05, 3.63) is 35.9 Å². The van der Waals surface area contributed by atoms with Crippen LogP contribution in [-0.2, 0) is 0 Å². The van der Waals surface area contributed by atoms with Gasteiger partial charge in [-0.05, 0) is 44.3 Å². The van der Waals surface area contributed by atoms with Crippen LogP contribution in [0.15, 0.2) is 30.3 Å². The molecule has 0 saturated carbocycles. The number of aliphatic hydroxyl groups is 1. The summed E-state index contributed by atoms with van der Waals surface area (Å²) in [6.45, 7) is 4.92. The number of piperidine rings is 1. The molecule has 1 N–H and O–H groups in total. The minimum Gasteiger partial charge on any atom is -0.392 e. The van der Waals surface area contributed by atoms with Crippen molar-refractivity contribution in [3.63, 3.8) is 0 Å². The number of nitrogens with zero attached hydrogens (tertiary/aromatic N) is 1. The molecule has 2 nitrogen and oxygen atoms in total. The Labute approximate surface area is 97.9 Å². The van der Waals surface area contributed by atoms with Crippen molar-refractivity contribution in [3.8, 4) is 0 Å². The summed E-state index contributed by atoms with van der Waals surface area (Å²) < 4.78 is 0. The molecule has 1 heterocycles. The van der Waals surface area contributed by atoms with Gasteiger partial charge in [-0.15, -0.1) is 0 Å². The Kier molecular flexibility index (Phi) is 3.97. The number of β-amino-alcohol motifs (C(OH)–C–C–N with tert-alkyl or cyclic N) is 1. The molecular weight excluding hydrogens is 198 g/mol. The van der Waals surface area contributed by atoms with Crippen LogP contribution in [0.3, 0.4) is 0 Å². The zero-order valence-electron chi connectivity index (χ0n) is 9.97. The van der Waals surface area contributed by atoms with Crippen molar-refractivity contribution < 1.29 is 5.11 Å². The lowest BCUT2D eigenvalue weighted by atomic mass is 9.89. The molecule has 1 aromatic carbocycles. The number of likely N-dealkylation sites (tertiary alicyclic amines) is 1. The van der Waals surface area contributed by atoms with Crippen LogP contribution in [-0.4, -0.2) is 35.7 Å². The van der Waals surface area contributed by atoms with E-state index >= 15 is 0 Å². The van der Waals surface area contributed by atoms with E-state index in [4.69, 9.17) is 0 Å². The van der Waals surface area contributed by atoms with Gasteiger partial charge >= 0.3 is 0 Å². The van der Waals surface area contributed by atoms with Crippen LogP contribution in [0.25, 0.3) is 0 Å². The van der Waals surface area contributed by atoms with Crippen LogP contribution in [0.5, 0.6) is 0 Å². The fourth-order valence-corrected chi connectivity index (χ4v) is 2.55. The molecular formula is C14H21NO. The molecule has 0 bridgehead atoms. The van der Waals surface area contributed by atoms with Crippen LogP contribution < -0.4 is 0 Å². The quantitative estimate of drug-likeness (QED) is 0.843. The zero-order chi connectivity index (χ0) is 11.4. The van der Waals surface area contributed by atoms with E-state index < -0.39 is 0 Å². The average molecular weight is 219 g/mol. The van der Waals surface area contributed by atoms with E-state index in [1.807, 2.05) is 6.92 Å². The predicted molar refractivity (Wildman–Crippen MR) is 66.5 cm³/mol. The van der Waals surface area contributed by atoms with Gasteiger partial charge in [0.25, 0.3) is 0 Å². The van der Waals surface area contributed by atoms with Crippen LogP contribution in [0, 0.1) is 0 Å². The summed E-state index contributed by atoms with van der Waals surface area (Å²) >= 11 is 0. The minimum absolute atomic E-state index is 0.201. The van der Waals surface area contributed by atoms with E-state index in [9.17, 15) is 5.11 Å². The number of rotatable bonds is 3. The molecule has 1 fully saturated rings. The van der Waals surface area contributed by atoms with Crippen molar-refractivity contribution >= 4 is 0 Å². The molecule has 16 heavy (non-hydrogen) atoms. The summed E-state index contributed by atoms with van der Waals surface area (Å²) in [6, 6.07) is 10.8. The second kappa shape index (κ2) is 5.46. The van der Waals surface area contributed by atoms with E-state index in [1.54, 1.807) is 0 Å². The highest BCUT2D eigenvalue weighted by molar-refractivity contribution is 5.19. The van der Waals surface area contributed by atoms with E-state index in [2.05, 4.69) is 35.2 Å². The van der Waals surface area contributed by atoms with Gasteiger partial charge in [0.05, 0.1) is 6.10 Å². The summed E-state index contributed by atoms with van der Waals surface area (Å²) in [5, 5.41) is 9.35. The highest BCUT2D eigenvalue weighted by atomic mass is 16.3. The van der Waals surface area contributed by atoms with Crippen molar-refractivity contribution in [2.24, 2.45) is 0 Å². The molecule has 1 aliphatic heterocycles. The van der Waals surface area contributed by atoms with Crippen LogP contribution in [0.4, 0.5) is 0 Å². The minimum atomic E-state index is -0.201. The maximum atomic E-state index is 9.35. The first-order valence-corrected chi connectivity index (χ1v) is 6.21. The highest BCUT2D eigenvalue weighted by Crippen LogP contribution is 2.27. The Hall–Kier alpha value is -0.860. The number of aliphatic hydroxyl groups excluding tert-OH is 1. The first kappa shape index (κ1) is 11.6. The number of benzene rings is 1. The molecule has 1 aliphatic rings. The molecule has 0 radical (unpaired) electrons. The summed E-state index contributed by atoms with van der Waals surface area (Å²) in [6.07, 6.45) is 2.24. The lowest BCUT2D eigenvalue weighted by molar-refractivity contribution is 0.109. The monoisotopic (exact) mass is 219 g/mol. The van der Waals surface area contributed by atoms with Crippen molar-refractivity contribution in [2.45, 2.75) is 31.8 Å². The smallest absolute Gasteiger partial charge is 0.0639 e. The van der Waals surface area contributed by atoms with Gasteiger partial charge in [-0.25, -0.2) is 0 Å². The zero-order valence-corrected chi connectivity index (χ0v) is 9.97. The standard InChI is InChI=1S/C14H21NO/c1-12(16)11-15-9-7-14(8-10-15)13-5-3-2-4-6-13/h2-6,12,14,16H,7-11H2,1H3. The summed E-state index contributed by atoms with van der Waals surface area (Å²) in [5.41, 5.74) is 1.47. The first-order valence-electron chi connectivity index (χ1n) is 6.21. The first-order chi connectivity index (χ1) is 7.75. The van der Waals surface area contributed by atoms with Gasteiger partial charge < -0.3 is 10.0 Å². The molecule has 1 unspecified atom stereocenters. The largest absolute Gasteiger partial charge is 0.392 e. The summed E-state index contributed by atoms with van der Waals surface area (Å²) in [7, 11) is 0.